The summed E-state index contributed by atoms with van der Waals surface area (Å²) in [4.78, 5) is 3.78. The molecule has 0 fully saturated rings. The predicted octanol–water partition coefficient (Wildman–Crippen LogP) is 3.55. The maximum Gasteiger partial charge on any atom is 0.430 e. The molecule has 0 saturated carbocycles. The summed E-state index contributed by atoms with van der Waals surface area (Å²) < 4.78 is 76.2. The largest absolute Gasteiger partial charge is 0.430 e. The Hall–Kier alpha value is -1.83. The number of hydrogen-bond donors (Lipinski definition) is 1. The van der Waals surface area contributed by atoms with Gasteiger partial charge in [0.2, 0.25) is 0 Å². The number of hydrogen-bond acceptors (Lipinski definition) is 2. The first kappa shape index (κ1) is 14.6. The topological polar surface area (TPSA) is 33.1 Å². The minimum atomic E-state index is -5.89. The van der Waals surface area contributed by atoms with E-state index in [9.17, 15) is 31.4 Å². The van der Waals surface area contributed by atoms with Crippen molar-refractivity contribution >= 4 is 10.9 Å². The van der Waals surface area contributed by atoms with Crippen molar-refractivity contribution in [3.05, 3.63) is 42.1 Å². The monoisotopic (exact) mass is 295 g/mol. The summed E-state index contributed by atoms with van der Waals surface area (Å²) >= 11 is 0. The van der Waals surface area contributed by atoms with Gasteiger partial charge in [-0.15, -0.1) is 0 Å². The second-order valence-corrected chi connectivity index (χ2v) is 4.12. The van der Waals surface area contributed by atoms with Gasteiger partial charge in [0.05, 0.1) is 5.52 Å². The molecule has 0 saturated heterocycles. The summed E-state index contributed by atoms with van der Waals surface area (Å²) in [6, 6.07) is 4.86. The number of aliphatic hydroxyl groups is 1. The van der Waals surface area contributed by atoms with Gasteiger partial charge in [-0.2, -0.15) is 26.3 Å². The van der Waals surface area contributed by atoms with Crippen LogP contribution in [0.1, 0.15) is 5.56 Å². The second kappa shape index (κ2) is 4.34. The molecule has 1 heterocycles. The predicted molar refractivity (Wildman–Crippen MR) is 57.7 cm³/mol. The third-order valence-electron chi connectivity index (χ3n) is 2.84. The van der Waals surface area contributed by atoms with Gasteiger partial charge in [0.25, 0.3) is 5.60 Å². The molecule has 0 spiro atoms. The fourth-order valence-corrected chi connectivity index (χ4v) is 1.79. The molecule has 0 aliphatic heterocycles. The number of alkyl halides is 6. The minimum absolute atomic E-state index is 0.0666. The molecule has 2 nitrogen and oxygen atoms in total. The SMILES string of the molecule is OC(c1ccc2ncccc2c1)(C(F)(F)F)C(F)(F)F. The maximum absolute atomic E-state index is 12.7. The van der Waals surface area contributed by atoms with Crippen LogP contribution >= 0.6 is 0 Å². The molecule has 0 amide bonds. The third-order valence-corrected chi connectivity index (χ3v) is 2.84. The third kappa shape index (κ3) is 2.09. The van der Waals surface area contributed by atoms with Crippen LogP contribution in [-0.2, 0) is 5.60 Å². The lowest BCUT2D eigenvalue weighted by atomic mass is 9.91. The summed E-state index contributed by atoms with van der Waals surface area (Å²) in [6.45, 7) is 0. The average Bonchev–Trinajstić information content (AvgIpc) is 2.34. The van der Waals surface area contributed by atoms with Gasteiger partial charge in [-0.05, 0) is 18.2 Å². The van der Waals surface area contributed by atoms with Crippen molar-refractivity contribution in [3.63, 3.8) is 0 Å². The van der Waals surface area contributed by atoms with E-state index in [0.29, 0.717) is 12.1 Å². The van der Waals surface area contributed by atoms with Crippen molar-refractivity contribution in [1.29, 1.82) is 0 Å². The highest BCUT2D eigenvalue weighted by Crippen LogP contribution is 2.50. The highest BCUT2D eigenvalue weighted by atomic mass is 19.4. The molecule has 0 aliphatic rings. The molecule has 0 unspecified atom stereocenters. The first-order valence-electron chi connectivity index (χ1n) is 5.28. The van der Waals surface area contributed by atoms with Crippen molar-refractivity contribution in [2.24, 2.45) is 0 Å². The fraction of sp³-hybridized carbons (Fsp3) is 0.250. The van der Waals surface area contributed by atoms with Crippen LogP contribution in [0.3, 0.4) is 0 Å². The van der Waals surface area contributed by atoms with Crippen molar-refractivity contribution < 1.29 is 31.4 Å². The van der Waals surface area contributed by atoms with Crippen LogP contribution in [0.4, 0.5) is 26.3 Å². The number of aromatic nitrogens is 1. The van der Waals surface area contributed by atoms with Crippen molar-refractivity contribution in [2.75, 3.05) is 0 Å². The van der Waals surface area contributed by atoms with E-state index in [-0.39, 0.29) is 10.9 Å². The van der Waals surface area contributed by atoms with Crippen LogP contribution in [0.25, 0.3) is 10.9 Å². The number of fused-ring (bicyclic) bond motifs is 1. The van der Waals surface area contributed by atoms with E-state index in [1.807, 2.05) is 0 Å². The van der Waals surface area contributed by atoms with Gasteiger partial charge in [-0.3, -0.25) is 4.98 Å². The molecule has 0 bridgehead atoms. The Morgan fingerprint density at radius 1 is 0.900 bits per heavy atom. The molecule has 8 heteroatoms. The van der Waals surface area contributed by atoms with Gasteiger partial charge < -0.3 is 5.11 Å². The number of pyridine rings is 1. The number of nitrogens with zero attached hydrogens (tertiary/aromatic N) is 1. The molecule has 108 valence electrons. The standard InChI is InChI=1S/C12H7F6NO/c13-11(14,15)10(20,12(16,17)18)8-3-4-9-7(6-8)2-1-5-19-9/h1-6,20H. The van der Waals surface area contributed by atoms with Crippen LogP contribution in [0.15, 0.2) is 36.5 Å². The molecular weight excluding hydrogens is 288 g/mol. The Morgan fingerprint density at radius 3 is 2.05 bits per heavy atom. The molecule has 0 aliphatic carbocycles. The summed E-state index contributed by atoms with van der Waals surface area (Å²) in [5, 5.41) is 9.31. The lowest BCUT2D eigenvalue weighted by Crippen LogP contribution is -2.53. The molecule has 0 radical (unpaired) electrons. The fourth-order valence-electron chi connectivity index (χ4n) is 1.79. The van der Waals surface area contributed by atoms with Gasteiger partial charge in [-0.25, -0.2) is 0 Å². The summed E-state index contributed by atoms with van der Waals surface area (Å²) in [6.07, 6.45) is -10.4. The van der Waals surface area contributed by atoms with Gasteiger partial charge in [0.1, 0.15) is 0 Å². The van der Waals surface area contributed by atoms with Crippen LogP contribution in [-0.4, -0.2) is 22.4 Å². The van der Waals surface area contributed by atoms with Gasteiger partial charge in [0.15, 0.2) is 0 Å². The zero-order valence-electron chi connectivity index (χ0n) is 9.63. The Morgan fingerprint density at radius 2 is 1.50 bits per heavy atom. The van der Waals surface area contributed by atoms with E-state index in [0.717, 1.165) is 6.07 Å². The van der Waals surface area contributed by atoms with Crippen LogP contribution in [0.2, 0.25) is 0 Å². The zero-order chi connectivity index (χ0) is 15.2. The lowest BCUT2D eigenvalue weighted by molar-refractivity contribution is -0.376. The summed E-state index contributed by atoms with van der Waals surface area (Å²) in [5.41, 5.74) is -5.98. The van der Waals surface area contributed by atoms with Crippen LogP contribution < -0.4 is 0 Å². The molecule has 0 atom stereocenters. The molecule has 2 rings (SSSR count). The van der Waals surface area contributed by atoms with E-state index in [1.165, 1.54) is 18.3 Å². The van der Waals surface area contributed by atoms with Gasteiger partial charge >= 0.3 is 12.4 Å². The summed E-state index contributed by atoms with van der Waals surface area (Å²) in [5.74, 6) is 0. The van der Waals surface area contributed by atoms with E-state index in [2.05, 4.69) is 4.98 Å². The van der Waals surface area contributed by atoms with Crippen LogP contribution in [0, 0.1) is 0 Å². The van der Waals surface area contributed by atoms with E-state index in [4.69, 9.17) is 0 Å². The van der Waals surface area contributed by atoms with E-state index in [1.54, 1.807) is 0 Å². The Bertz CT molecular complexity index is 620. The molecule has 1 aromatic heterocycles. The smallest absolute Gasteiger partial charge is 0.369 e. The number of benzene rings is 1. The maximum atomic E-state index is 12.7. The number of halogens is 6. The highest BCUT2D eigenvalue weighted by molar-refractivity contribution is 5.79. The van der Waals surface area contributed by atoms with Crippen molar-refractivity contribution in [3.8, 4) is 0 Å². The zero-order valence-corrected chi connectivity index (χ0v) is 9.63. The first-order chi connectivity index (χ1) is 9.07. The highest BCUT2D eigenvalue weighted by Gasteiger charge is 2.71. The first-order valence-corrected chi connectivity index (χ1v) is 5.28. The summed E-state index contributed by atoms with van der Waals surface area (Å²) in [7, 11) is 0. The van der Waals surface area contributed by atoms with Crippen molar-refractivity contribution in [2.45, 2.75) is 18.0 Å². The van der Waals surface area contributed by atoms with Crippen LogP contribution in [0.5, 0.6) is 0 Å². The Labute approximate surface area is 108 Å². The normalized spacial score (nSPS) is 13.8. The molecule has 1 aromatic carbocycles. The Kier molecular flexibility index (Phi) is 3.16. The second-order valence-electron chi connectivity index (χ2n) is 4.12. The lowest BCUT2D eigenvalue weighted by Gasteiger charge is -2.32. The van der Waals surface area contributed by atoms with E-state index < -0.39 is 23.5 Å². The number of rotatable bonds is 1. The molecule has 20 heavy (non-hydrogen) atoms. The van der Waals surface area contributed by atoms with Gasteiger partial charge in [-0.1, -0.05) is 12.1 Å². The van der Waals surface area contributed by atoms with E-state index >= 15 is 0 Å². The molecule has 1 N–H and O–H groups in total. The van der Waals surface area contributed by atoms with Gasteiger partial charge in [0, 0.05) is 17.1 Å². The average molecular weight is 295 g/mol. The molecule has 2 aromatic rings. The quantitative estimate of drug-likeness (QED) is 0.816. The van der Waals surface area contributed by atoms with Crippen molar-refractivity contribution in [1.82, 2.24) is 4.98 Å². The minimum Gasteiger partial charge on any atom is -0.369 e. The Balaban J connectivity index is 2.70. The molecular formula is C12H7F6NO.